The monoisotopic (exact) mass is 397 g/mol. The first-order chi connectivity index (χ1) is 13.6. The standard InChI is InChI=1S/C23H28ClN3O/c1-17-7-8-21(14-22(17)24)26-11-9-20(10-12-26)27-15-19(25-23(28)16-27)13-18-5-3-2-4-6-18/h2-8,14,19-20H,9-13,15-16H2,1H3,(H,25,28)/t19-/m0/s1. The Morgan fingerprint density at radius 1 is 1.11 bits per heavy atom. The van der Waals surface area contributed by atoms with Crippen molar-refractivity contribution in [3.8, 4) is 0 Å². The van der Waals surface area contributed by atoms with Gasteiger partial charge in [0.1, 0.15) is 0 Å². The van der Waals surface area contributed by atoms with Crippen molar-refractivity contribution in [3.05, 3.63) is 64.7 Å². The number of anilines is 1. The summed E-state index contributed by atoms with van der Waals surface area (Å²) in [7, 11) is 0. The minimum atomic E-state index is 0.153. The lowest BCUT2D eigenvalue weighted by molar-refractivity contribution is -0.126. The van der Waals surface area contributed by atoms with E-state index < -0.39 is 0 Å². The molecule has 2 aromatic carbocycles. The van der Waals surface area contributed by atoms with Gasteiger partial charge in [-0.05, 0) is 49.4 Å². The van der Waals surface area contributed by atoms with E-state index in [9.17, 15) is 4.79 Å². The van der Waals surface area contributed by atoms with Gasteiger partial charge in [0.05, 0.1) is 6.54 Å². The maximum Gasteiger partial charge on any atom is 0.234 e. The van der Waals surface area contributed by atoms with Gasteiger partial charge in [-0.25, -0.2) is 0 Å². The molecule has 2 aromatic rings. The predicted octanol–water partition coefficient (Wildman–Crippen LogP) is 3.66. The zero-order valence-corrected chi connectivity index (χ0v) is 17.2. The van der Waals surface area contributed by atoms with Crippen LogP contribution in [0.25, 0.3) is 0 Å². The van der Waals surface area contributed by atoms with E-state index in [1.54, 1.807) is 0 Å². The lowest BCUT2D eigenvalue weighted by Crippen LogP contribution is -2.59. The number of amides is 1. The number of rotatable bonds is 4. The van der Waals surface area contributed by atoms with E-state index in [-0.39, 0.29) is 11.9 Å². The first-order valence-corrected chi connectivity index (χ1v) is 10.5. The molecule has 4 nitrogen and oxygen atoms in total. The molecule has 5 heteroatoms. The maximum absolute atomic E-state index is 12.3. The zero-order chi connectivity index (χ0) is 19.5. The van der Waals surface area contributed by atoms with E-state index in [2.05, 4.69) is 57.6 Å². The second-order valence-electron chi connectivity index (χ2n) is 8.04. The molecule has 1 atom stereocenters. The van der Waals surface area contributed by atoms with Gasteiger partial charge in [-0.15, -0.1) is 0 Å². The number of aryl methyl sites for hydroxylation is 1. The molecule has 1 N–H and O–H groups in total. The first-order valence-electron chi connectivity index (χ1n) is 10.2. The molecule has 0 spiro atoms. The van der Waals surface area contributed by atoms with E-state index in [1.807, 2.05) is 13.0 Å². The third-order valence-electron chi connectivity index (χ3n) is 5.99. The van der Waals surface area contributed by atoms with E-state index in [0.29, 0.717) is 12.6 Å². The molecule has 0 unspecified atom stereocenters. The molecule has 2 fully saturated rings. The summed E-state index contributed by atoms with van der Waals surface area (Å²) in [4.78, 5) is 17.1. The molecule has 1 amide bonds. The molecule has 2 aliphatic rings. The normalized spacial score (nSPS) is 21.6. The van der Waals surface area contributed by atoms with Crippen molar-refractivity contribution in [1.82, 2.24) is 10.2 Å². The van der Waals surface area contributed by atoms with Crippen LogP contribution in [0, 0.1) is 6.92 Å². The van der Waals surface area contributed by atoms with Crippen LogP contribution in [0.3, 0.4) is 0 Å². The Balaban J connectivity index is 1.35. The second kappa shape index (κ2) is 8.54. The van der Waals surface area contributed by atoms with Crippen LogP contribution in [-0.2, 0) is 11.2 Å². The van der Waals surface area contributed by atoms with Gasteiger partial charge in [-0.1, -0.05) is 48.0 Å². The first kappa shape index (κ1) is 19.3. The largest absolute Gasteiger partial charge is 0.371 e. The summed E-state index contributed by atoms with van der Waals surface area (Å²) in [5, 5.41) is 4.00. The molecule has 148 valence electrons. The summed E-state index contributed by atoms with van der Waals surface area (Å²) in [6.45, 7) is 5.50. The fourth-order valence-electron chi connectivity index (χ4n) is 4.41. The Morgan fingerprint density at radius 3 is 2.57 bits per heavy atom. The van der Waals surface area contributed by atoms with E-state index in [1.165, 1.54) is 11.3 Å². The minimum absolute atomic E-state index is 0.153. The zero-order valence-electron chi connectivity index (χ0n) is 16.4. The van der Waals surface area contributed by atoms with Crippen LogP contribution < -0.4 is 10.2 Å². The summed E-state index contributed by atoms with van der Waals surface area (Å²) in [5.74, 6) is 0.153. The molecule has 28 heavy (non-hydrogen) atoms. The van der Waals surface area contributed by atoms with Crippen LogP contribution >= 0.6 is 11.6 Å². The second-order valence-corrected chi connectivity index (χ2v) is 8.44. The summed E-state index contributed by atoms with van der Waals surface area (Å²) >= 11 is 6.30. The highest BCUT2D eigenvalue weighted by Crippen LogP contribution is 2.27. The predicted molar refractivity (Wildman–Crippen MR) is 115 cm³/mol. The lowest BCUT2D eigenvalue weighted by Gasteiger charge is -2.42. The van der Waals surface area contributed by atoms with Gasteiger partial charge in [-0.3, -0.25) is 9.69 Å². The summed E-state index contributed by atoms with van der Waals surface area (Å²) in [5.41, 5.74) is 3.59. The molecular formula is C23H28ClN3O. The van der Waals surface area contributed by atoms with Gasteiger partial charge in [0, 0.05) is 42.4 Å². The number of piperidine rings is 1. The highest BCUT2D eigenvalue weighted by molar-refractivity contribution is 6.31. The van der Waals surface area contributed by atoms with Gasteiger partial charge >= 0.3 is 0 Å². The van der Waals surface area contributed by atoms with Gasteiger partial charge in [-0.2, -0.15) is 0 Å². The highest BCUT2D eigenvalue weighted by Gasteiger charge is 2.31. The molecule has 2 saturated heterocycles. The highest BCUT2D eigenvalue weighted by atomic mass is 35.5. The lowest BCUT2D eigenvalue weighted by atomic mass is 9.98. The summed E-state index contributed by atoms with van der Waals surface area (Å²) < 4.78 is 0. The van der Waals surface area contributed by atoms with Gasteiger partial charge in [0.15, 0.2) is 0 Å². The number of hydrogen-bond acceptors (Lipinski definition) is 3. The molecule has 0 saturated carbocycles. The van der Waals surface area contributed by atoms with Crippen molar-refractivity contribution in [2.24, 2.45) is 0 Å². The fourth-order valence-corrected chi connectivity index (χ4v) is 4.59. The van der Waals surface area contributed by atoms with E-state index in [0.717, 1.165) is 49.5 Å². The Bertz CT molecular complexity index is 818. The number of nitrogens with one attached hydrogen (secondary N) is 1. The third kappa shape index (κ3) is 4.50. The quantitative estimate of drug-likeness (QED) is 0.855. The fraction of sp³-hybridized carbons (Fsp3) is 0.435. The average molecular weight is 398 g/mol. The van der Waals surface area contributed by atoms with Crippen molar-refractivity contribution in [2.45, 2.75) is 38.3 Å². The number of piperazine rings is 1. The number of hydrogen-bond donors (Lipinski definition) is 1. The van der Waals surface area contributed by atoms with Crippen LogP contribution in [0.1, 0.15) is 24.0 Å². The maximum atomic E-state index is 12.3. The van der Waals surface area contributed by atoms with Crippen LogP contribution in [-0.4, -0.2) is 49.1 Å². The molecule has 0 aromatic heterocycles. The molecule has 4 rings (SSSR count). The van der Waals surface area contributed by atoms with Crippen LogP contribution in [0.5, 0.6) is 0 Å². The number of halogens is 1. The van der Waals surface area contributed by atoms with Gasteiger partial charge in [0.25, 0.3) is 0 Å². The third-order valence-corrected chi connectivity index (χ3v) is 6.40. The van der Waals surface area contributed by atoms with Gasteiger partial charge < -0.3 is 10.2 Å². The molecule has 2 aliphatic heterocycles. The Hall–Kier alpha value is -2.04. The Kier molecular flexibility index (Phi) is 5.88. The Labute approximate surface area is 172 Å². The summed E-state index contributed by atoms with van der Waals surface area (Å²) in [6, 6.07) is 17.4. The number of carbonyl (C=O) groups excluding carboxylic acids is 1. The molecule has 0 aliphatic carbocycles. The molecule has 0 bridgehead atoms. The van der Waals surface area contributed by atoms with Gasteiger partial charge in [0.2, 0.25) is 5.91 Å². The molecule has 0 radical (unpaired) electrons. The van der Waals surface area contributed by atoms with Crippen molar-refractivity contribution in [1.29, 1.82) is 0 Å². The molecule has 2 heterocycles. The topological polar surface area (TPSA) is 35.6 Å². The Morgan fingerprint density at radius 2 is 1.86 bits per heavy atom. The smallest absolute Gasteiger partial charge is 0.234 e. The van der Waals surface area contributed by atoms with E-state index in [4.69, 9.17) is 11.6 Å². The number of nitrogens with zero attached hydrogens (tertiary/aromatic N) is 2. The number of benzene rings is 2. The number of carbonyl (C=O) groups is 1. The van der Waals surface area contributed by atoms with E-state index >= 15 is 0 Å². The van der Waals surface area contributed by atoms with Crippen LogP contribution in [0.2, 0.25) is 5.02 Å². The van der Waals surface area contributed by atoms with Crippen molar-refractivity contribution < 1.29 is 4.79 Å². The average Bonchev–Trinajstić information content (AvgIpc) is 2.70. The van der Waals surface area contributed by atoms with Crippen LogP contribution in [0.4, 0.5) is 5.69 Å². The SMILES string of the molecule is Cc1ccc(N2CCC(N3CC(=O)N[C@@H](Cc4ccccc4)C3)CC2)cc1Cl. The van der Waals surface area contributed by atoms with Crippen LogP contribution in [0.15, 0.2) is 48.5 Å². The molecular weight excluding hydrogens is 370 g/mol. The van der Waals surface area contributed by atoms with Crippen molar-refractivity contribution in [2.75, 3.05) is 31.1 Å². The van der Waals surface area contributed by atoms with Crippen molar-refractivity contribution in [3.63, 3.8) is 0 Å². The van der Waals surface area contributed by atoms with Crippen molar-refractivity contribution >= 4 is 23.2 Å². The minimum Gasteiger partial charge on any atom is -0.371 e. The summed E-state index contributed by atoms with van der Waals surface area (Å²) in [6.07, 6.45) is 3.05.